The number of alkyl halides is 3. The molecule has 0 saturated carbocycles. The van der Waals surface area contributed by atoms with E-state index in [1.165, 1.54) is 17.5 Å². The maximum atomic E-state index is 12.2. The zero-order valence-electron chi connectivity index (χ0n) is 11.3. The molecule has 0 aliphatic carbocycles. The predicted molar refractivity (Wildman–Crippen MR) is 67.5 cm³/mol. The molecule has 1 nitrogen and oxygen atoms in total. The molecule has 0 spiro atoms. The summed E-state index contributed by atoms with van der Waals surface area (Å²) in [6, 6.07) is 7.76. The third-order valence-electron chi connectivity index (χ3n) is 2.72. The molecule has 0 heterocycles. The van der Waals surface area contributed by atoms with Gasteiger partial charge in [-0.05, 0) is 23.6 Å². The minimum Gasteiger partial charge on any atom is -0.294 e. The van der Waals surface area contributed by atoms with Gasteiger partial charge in [-0.1, -0.05) is 45.0 Å². The fourth-order valence-corrected chi connectivity index (χ4v) is 1.78. The standard InChI is InChI=1S/C14H20F3N/c1-13(2,3)12-7-5-11(6-8-12)9-18(4)10-14(15,16)17/h5-8H,9-10H2,1-4H3. The Hall–Kier alpha value is -1.03. The van der Waals surface area contributed by atoms with Gasteiger partial charge in [-0.25, -0.2) is 0 Å². The average Bonchev–Trinajstić information content (AvgIpc) is 2.13. The summed E-state index contributed by atoms with van der Waals surface area (Å²) in [6.07, 6.45) is -4.14. The molecule has 1 rings (SSSR count). The van der Waals surface area contributed by atoms with Gasteiger partial charge < -0.3 is 0 Å². The van der Waals surface area contributed by atoms with Gasteiger partial charge in [-0.2, -0.15) is 13.2 Å². The van der Waals surface area contributed by atoms with Crippen molar-refractivity contribution in [2.45, 2.75) is 38.9 Å². The maximum Gasteiger partial charge on any atom is 0.401 e. The molecule has 0 fully saturated rings. The van der Waals surface area contributed by atoms with Crippen molar-refractivity contribution in [3.05, 3.63) is 35.4 Å². The average molecular weight is 259 g/mol. The van der Waals surface area contributed by atoms with Crippen LogP contribution in [0.15, 0.2) is 24.3 Å². The van der Waals surface area contributed by atoms with Gasteiger partial charge in [0.05, 0.1) is 6.54 Å². The van der Waals surface area contributed by atoms with Crippen LogP contribution < -0.4 is 0 Å². The van der Waals surface area contributed by atoms with Crippen molar-refractivity contribution in [3.8, 4) is 0 Å². The van der Waals surface area contributed by atoms with Gasteiger partial charge in [0.2, 0.25) is 0 Å². The molecule has 4 heteroatoms. The van der Waals surface area contributed by atoms with Crippen LogP contribution in [-0.4, -0.2) is 24.7 Å². The molecular formula is C14H20F3N. The second kappa shape index (κ2) is 5.31. The molecule has 1 aromatic rings. The van der Waals surface area contributed by atoms with Crippen molar-refractivity contribution in [1.82, 2.24) is 4.90 Å². The van der Waals surface area contributed by atoms with Crippen molar-refractivity contribution >= 4 is 0 Å². The second-order valence-electron chi connectivity index (χ2n) is 5.73. The van der Waals surface area contributed by atoms with E-state index in [1.807, 2.05) is 24.3 Å². The monoisotopic (exact) mass is 259 g/mol. The first-order valence-electron chi connectivity index (χ1n) is 5.93. The SMILES string of the molecule is CN(Cc1ccc(C(C)(C)C)cc1)CC(F)(F)F. The Morgan fingerprint density at radius 3 is 1.89 bits per heavy atom. The summed E-state index contributed by atoms with van der Waals surface area (Å²) in [5.74, 6) is 0. The Morgan fingerprint density at radius 2 is 1.50 bits per heavy atom. The Bertz CT molecular complexity index is 374. The van der Waals surface area contributed by atoms with Crippen LogP contribution in [-0.2, 0) is 12.0 Å². The Morgan fingerprint density at radius 1 is 1.00 bits per heavy atom. The lowest BCUT2D eigenvalue weighted by Gasteiger charge is -2.21. The molecule has 0 saturated heterocycles. The van der Waals surface area contributed by atoms with E-state index in [0.29, 0.717) is 6.54 Å². The van der Waals surface area contributed by atoms with Crippen LogP contribution in [0.4, 0.5) is 13.2 Å². The summed E-state index contributed by atoms with van der Waals surface area (Å²) in [6.45, 7) is 5.76. The van der Waals surface area contributed by atoms with Crippen LogP contribution in [0.3, 0.4) is 0 Å². The highest BCUT2D eigenvalue weighted by Crippen LogP contribution is 2.23. The topological polar surface area (TPSA) is 3.24 Å². The van der Waals surface area contributed by atoms with E-state index in [4.69, 9.17) is 0 Å². The van der Waals surface area contributed by atoms with Gasteiger partial charge in [-0.15, -0.1) is 0 Å². The van der Waals surface area contributed by atoms with E-state index >= 15 is 0 Å². The predicted octanol–water partition coefficient (Wildman–Crippen LogP) is 3.98. The first-order chi connectivity index (χ1) is 8.08. The fourth-order valence-electron chi connectivity index (χ4n) is 1.78. The number of halogens is 3. The molecule has 0 unspecified atom stereocenters. The van der Waals surface area contributed by atoms with Crippen molar-refractivity contribution in [2.75, 3.05) is 13.6 Å². The first-order valence-corrected chi connectivity index (χ1v) is 5.93. The number of rotatable bonds is 3. The Balaban J connectivity index is 2.64. The lowest BCUT2D eigenvalue weighted by molar-refractivity contribution is -0.144. The summed E-state index contributed by atoms with van der Waals surface area (Å²) in [5.41, 5.74) is 2.15. The summed E-state index contributed by atoms with van der Waals surface area (Å²) >= 11 is 0. The number of hydrogen-bond acceptors (Lipinski definition) is 1. The molecule has 0 aliphatic heterocycles. The van der Waals surface area contributed by atoms with E-state index in [-0.39, 0.29) is 5.41 Å². The van der Waals surface area contributed by atoms with Crippen molar-refractivity contribution < 1.29 is 13.2 Å². The van der Waals surface area contributed by atoms with E-state index < -0.39 is 12.7 Å². The van der Waals surface area contributed by atoms with Crippen molar-refractivity contribution in [1.29, 1.82) is 0 Å². The highest BCUT2D eigenvalue weighted by atomic mass is 19.4. The van der Waals surface area contributed by atoms with Gasteiger partial charge in [0.25, 0.3) is 0 Å². The van der Waals surface area contributed by atoms with E-state index in [9.17, 15) is 13.2 Å². The molecule has 1 aromatic carbocycles. The molecule has 0 amide bonds. The minimum absolute atomic E-state index is 0.0659. The highest BCUT2D eigenvalue weighted by Gasteiger charge is 2.29. The largest absolute Gasteiger partial charge is 0.401 e. The fraction of sp³-hybridized carbons (Fsp3) is 0.571. The minimum atomic E-state index is -4.14. The van der Waals surface area contributed by atoms with Crippen LogP contribution >= 0.6 is 0 Å². The molecule has 0 aliphatic rings. The van der Waals surface area contributed by atoms with E-state index in [1.54, 1.807) is 0 Å². The third kappa shape index (κ3) is 5.08. The summed E-state index contributed by atoms with van der Waals surface area (Å²) in [4.78, 5) is 1.27. The normalized spacial score (nSPS) is 13.1. The van der Waals surface area contributed by atoms with Crippen molar-refractivity contribution in [3.63, 3.8) is 0 Å². The number of benzene rings is 1. The molecule has 0 atom stereocenters. The Labute approximate surface area is 107 Å². The first kappa shape index (κ1) is 15.0. The zero-order chi connectivity index (χ0) is 14.0. The molecule has 0 N–H and O–H groups in total. The Kier molecular flexibility index (Phi) is 4.43. The van der Waals surface area contributed by atoms with Gasteiger partial charge in [-0.3, -0.25) is 4.90 Å². The lowest BCUT2D eigenvalue weighted by atomic mass is 9.87. The maximum absolute atomic E-state index is 12.2. The van der Waals surface area contributed by atoms with Gasteiger partial charge in [0.15, 0.2) is 0 Å². The highest BCUT2D eigenvalue weighted by molar-refractivity contribution is 5.27. The number of nitrogens with zero attached hydrogens (tertiary/aromatic N) is 1. The van der Waals surface area contributed by atoms with Crippen LogP contribution in [0, 0.1) is 0 Å². The molecule has 0 radical (unpaired) electrons. The second-order valence-corrected chi connectivity index (χ2v) is 5.73. The van der Waals surface area contributed by atoms with Crippen LogP contribution in [0.2, 0.25) is 0 Å². The van der Waals surface area contributed by atoms with Crippen LogP contribution in [0.1, 0.15) is 31.9 Å². The van der Waals surface area contributed by atoms with E-state index in [2.05, 4.69) is 20.8 Å². The third-order valence-corrected chi connectivity index (χ3v) is 2.72. The molecule has 0 bridgehead atoms. The van der Waals surface area contributed by atoms with Crippen LogP contribution in [0.5, 0.6) is 0 Å². The number of hydrogen-bond donors (Lipinski definition) is 0. The van der Waals surface area contributed by atoms with Crippen molar-refractivity contribution in [2.24, 2.45) is 0 Å². The van der Waals surface area contributed by atoms with Gasteiger partial charge in [0, 0.05) is 6.54 Å². The summed E-state index contributed by atoms with van der Waals surface area (Å²) in [5, 5.41) is 0. The smallest absolute Gasteiger partial charge is 0.294 e. The summed E-state index contributed by atoms with van der Waals surface area (Å²) < 4.78 is 36.6. The molecule has 18 heavy (non-hydrogen) atoms. The molecule has 0 aromatic heterocycles. The quantitative estimate of drug-likeness (QED) is 0.793. The van der Waals surface area contributed by atoms with Crippen LogP contribution in [0.25, 0.3) is 0 Å². The van der Waals surface area contributed by atoms with E-state index in [0.717, 1.165) is 5.56 Å². The lowest BCUT2D eigenvalue weighted by Crippen LogP contribution is -2.30. The van der Waals surface area contributed by atoms with Gasteiger partial charge >= 0.3 is 6.18 Å². The molecular weight excluding hydrogens is 239 g/mol. The molecule has 102 valence electrons. The van der Waals surface area contributed by atoms with Gasteiger partial charge in [0.1, 0.15) is 0 Å². The zero-order valence-corrected chi connectivity index (χ0v) is 11.3. The summed E-state index contributed by atoms with van der Waals surface area (Å²) in [7, 11) is 1.48.